The van der Waals surface area contributed by atoms with Crippen LogP contribution in [-0.4, -0.2) is 46.8 Å². The van der Waals surface area contributed by atoms with Crippen molar-refractivity contribution in [2.24, 2.45) is 5.92 Å². The largest absolute Gasteiger partial charge is 0.465 e. The number of carbonyl (C=O) groups is 1. The van der Waals surface area contributed by atoms with Crippen LogP contribution in [0.4, 0.5) is 4.39 Å². The van der Waals surface area contributed by atoms with Gasteiger partial charge in [0, 0.05) is 0 Å². The summed E-state index contributed by atoms with van der Waals surface area (Å²) in [6.45, 7) is 3.74. The molecule has 13 heteroatoms. The van der Waals surface area contributed by atoms with E-state index < -0.39 is 32.7 Å². The summed E-state index contributed by atoms with van der Waals surface area (Å²) in [4.78, 5) is 19.1. The van der Waals surface area contributed by atoms with Crippen molar-refractivity contribution >= 4 is 16.0 Å². The summed E-state index contributed by atoms with van der Waals surface area (Å²) >= 11 is 0. The topological polar surface area (TPSA) is 153 Å². The number of carbonyl (C=O) groups excluding carboxylic acids is 1. The number of H-pyrrole nitrogens is 1. The zero-order valence-corrected chi connectivity index (χ0v) is 17.1. The summed E-state index contributed by atoms with van der Waals surface area (Å²) in [5.41, 5.74) is -0.106. The van der Waals surface area contributed by atoms with Crippen LogP contribution in [0, 0.1) is 11.7 Å². The van der Waals surface area contributed by atoms with E-state index in [0.29, 0.717) is 0 Å². The van der Waals surface area contributed by atoms with Crippen molar-refractivity contribution in [3.05, 3.63) is 41.8 Å². The van der Waals surface area contributed by atoms with E-state index in [9.17, 15) is 17.6 Å². The van der Waals surface area contributed by atoms with Gasteiger partial charge in [-0.05, 0) is 30.5 Å². The van der Waals surface area contributed by atoms with Crippen molar-refractivity contribution in [1.82, 2.24) is 30.0 Å². The summed E-state index contributed by atoms with van der Waals surface area (Å²) in [5.74, 6) is -1.47. The highest BCUT2D eigenvalue weighted by atomic mass is 32.2. The van der Waals surface area contributed by atoms with Crippen molar-refractivity contribution in [2.75, 3.05) is 7.11 Å². The molecule has 0 aliphatic rings. The maximum Gasteiger partial charge on any atom is 0.337 e. The third kappa shape index (κ3) is 4.68. The molecular formula is C17H19FN6O5S. The van der Waals surface area contributed by atoms with Crippen molar-refractivity contribution in [1.29, 1.82) is 0 Å². The van der Waals surface area contributed by atoms with Crippen LogP contribution in [0.3, 0.4) is 0 Å². The molecule has 1 atom stereocenters. The van der Waals surface area contributed by atoms with Gasteiger partial charge in [0.25, 0.3) is 0 Å². The Balaban J connectivity index is 1.94. The molecule has 3 aromatic rings. The molecule has 0 aliphatic carbocycles. The number of aromatic amines is 1. The normalized spacial score (nSPS) is 12.8. The molecule has 0 spiro atoms. The van der Waals surface area contributed by atoms with Gasteiger partial charge in [-0.1, -0.05) is 19.0 Å². The molecule has 2 N–H and O–H groups in total. The van der Waals surface area contributed by atoms with Crippen molar-refractivity contribution < 1.29 is 26.9 Å². The van der Waals surface area contributed by atoms with E-state index in [4.69, 9.17) is 4.52 Å². The maximum atomic E-state index is 14.3. The number of sulfonamides is 1. The third-order valence-corrected chi connectivity index (χ3v) is 5.50. The first-order valence-electron chi connectivity index (χ1n) is 8.80. The van der Waals surface area contributed by atoms with E-state index in [1.807, 2.05) is 13.8 Å². The van der Waals surface area contributed by atoms with Gasteiger partial charge in [0.05, 0.1) is 12.7 Å². The van der Waals surface area contributed by atoms with Gasteiger partial charge in [0.2, 0.25) is 21.7 Å². The van der Waals surface area contributed by atoms with Gasteiger partial charge in [0.15, 0.2) is 5.82 Å². The minimum atomic E-state index is -4.39. The molecule has 30 heavy (non-hydrogen) atoms. The zero-order valence-electron chi connectivity index (χ0n) is 16.3. The van der Waals surface area contributed by atoms with Gasteiger partial charge in [-0.25, -0.2) is 22.6 Å². The van der Waals surface area contributed by atoms with Crippen LogP contribution >= 0.6 is 0 Å². The number of nitrogens with zero attached hydrogens (tertiary/aromatic N) is 4. The van der Waals surface area contributed by atoms with E-state index in [0.717, 1.165) is 25.3 Å². The average molecular weight is 438 g/mol. The lowest BCUT2D eigenvalue weighted by Crippen LogP contribution is -2.30. The number of methoxy groups -OCH3 is 1. The average Bonchev–Trinajstić information content (AvgIpc) is 3.38. The molecule has 1 aromatic carbocycles. The van der Waals surface area contributed by atoms with Gasteiger partial charge >= 0.3 is 5.97 Å². The Morgan fingerprint density at radius 2 is 2.13 bits per heavy atom. The van der Waals surface area contributed by atoms with Crippen molar-refractivity contribution in [3.63, 3.8) is 0 Å². The number of benzene rings is 1. The highest BCUT2D eigenvalue weighted by Gasteiger charge is 2.29. The highest BCUT2D eigenvalue weighted by Crippen LogP contribution is 2.25. The van der Waals surface area contributed by atoms with E-state index in [2.05, 4.69) is 34.8 Å². The number of rotatable bonds is 8. The van der Waals surface area contributed by atoms with Gasteiger partial charge in [0.1, 0.15) is 23.1 Å². The molecule has 0 unspecified atom stereocenters. The van der Waals surface area contributed by atoms with Crippen LogP contribution in [0.2, 0.25) is 0 Å². The first kappa shape index (κ1) is 21.5. The van der Waals surface area contributed by atoms with E-state index in [1.165, 1.54) is 6.33 Å². The van der Waals surface area contributed by atoms with Crippen molar-refractivity contribution in [2.45, 2.75) is 31.2 Å². The summed E-state index contributed by atoms with van der Waals surface area (Å²) in [6, 6.07) is 1.98. The Morgan fingerprint density at radius 1 is 1.37 bits per heavy atom. The summed E-state index contributed by atoms with van der Waals surface area (Å²) in [6.07, 6.45) is 1.55. The number of hydrogen-bond donors (Lipinski definition) is 2. The zero-order chi connectivity index (χ0) is 21.9. The number of ether oxygens (including phenoxy) is 1. The van der Waals surface area contributed by atoms with E-state index in [-0.39, 0.29) is 35.4 Å². The molecule has 0 bridgehead atoms. The molecule has 0 aliphatic heterocycles. The summed E-state index contributed by atoms with van der Waals surface area (Å²) < 4.78 is 52.2. The Bertz CT molecular complexity index is 1130. The highest BCUT2D eigenvalue weighted by molar-refractivity contribution is 7.89. The monoisotopic (exact) mass is 438 g/mol. The first-order valence-corrected chi connectivity index (χ1v) is 10.3. The molecule has 11 nitrogen and oxygen atoms in total. The van der Waals surface area contributed by atoms with Crippen LogP contribution in [0.5, 0.6) is 0 Å². The molecule has 160 valence electrons. The lowest BCUT2D eigenvalue weighted by atomic mass is 10.0. The predicted octanol–water partition coefficient (Wildman–Crippen LogP) is 1.85. The second-order valence-corrected chi connectivity index (χ2v) is 8.41. The lowest BCUT2D eigenvalue weighted by molar-refractivity contribution is 0.0600. The Morgan fingerprint density at radius 3 is 2.77 bits per heavy atom. The van der Waals surface area contributed by atoms with Gasteiger partial charge in [-0.15, -0.1) is 0 Å². The summed E-state index contributed by atoms with van der Waals surface area (Å²) in [5, 5.41) is 10.0. The number of esters is 1. The molecule has 0 saturated heterocycles. The van der Waals surface area contributed by atoms with Gasteiger partial charge < -0.3 is 9.26 Å². The molecule has 3 rings (SSSR count). The van der Waals surface area contributed by atoms with Crippen LogP contribution in [0.1, 0.15) is 42.6 Å². The fourth-order valence-electron chi connectivity index (χ4n) is 2.66. The van der Waals surface area contributed by atoms with Crippen LogP contribution in [0.25, 0.3) is 11.6 Å². The number of aromatic nitrogens is 5. The second kappa shape index (κ2) is 8.67. The van der Waals surface area contributed by atoms with Crippen molar-refractivity contribution in [3.8, 4) is 11.6 Å². The summed E-state index contributed by atoms with van der Waals surface area (Å²) in [7, 11) is -3.25. The number of hydrogen-bond acceptors (Lipinski definition) is 9. The lowest BCUT2D eigenvalue weighted by Gasteiger charge is -2.17. The molecule has 0 amide bonds. The third-order valence-electron chi connectivity index (χ3n) is 4.01. The first-order chi connectivity index (χ1) is 14.2. The Kier molecular flexibility index (Phi) is 6.22. The number of nitrogens with one attached hydrogen (secondary N) is 2. The van der Waals surface area contributed by atoms with Gasteiger partial charge in [-0.3, -0.25) is 5.10 Å². The van der Waals surface area contributed by atoms with E-state index in [1.54, 1.807) is 0 Å². The standard InChI is InChI=1S/C17H19FN6O5S/c1-9(2)6-12(16-21-15(23-29-16)14-19-8-20-22-14)24-30(26,27)13-7-10(17(25)28-3)4-5-11(13)18/h4-5,7-9,12,24H,6H2,1-3H3,(H,19,20,22)/t12-/m1/s1. The predicted molar refractivity (Wildman–Crippen MR) is 99.9 cm³/mol. The van der Waals surface area contributed by atoms with Crippen LogP contribution in [-0.2, 0) is 14.8 Å². The molecule has 0 radical (unpaired) electrons. The molecule has 0 saturated carbocycles. The molecule has 2 heterocycles. The Labute approximate surface area is 171 Å². The maximum absolute atomic E-state index is 14.3. The Hall–Kier alpha value is -3.19. The second-order valence-electron chi connectivity index (χ2n) is 6.73. The number of halogens is 1. The quantitative estimate of drug-likeness (QED) is 0.502. The van der Waals surface area contributed by atoms with Crippen LogP contribution in [0.15, 0.2) is 33.9 Å². The fraction of sp³-hybridized carbons (Fsp3) is 0.353. The minimum Gasteiger partial charge on any atom is -0.465 e. The molecular weight excluding hydrogens is 419 g/mol. The SMILES string of the molecule is COC(=O)c1ccc(F)c(S(=O)(=O)N[C@H](CC(C)C)c2nc(-c3ncn[nH]3)no2)c1. The van der Waals surface area contributed by atoms with Crippen LogP contribution < -0.4 is 4.72 Å². The van der Waals surface area contributed by atoms with E-state index >= 15 is 0 Å². The minimum absolute atomic E-state index is 0.0248. The molecule has 0 fully saturated rings. The molecule has 2 aromatic heterocycles. The fourth-order valence-corrected chi connectivity index (χ4v) is 3.97. The van der Waals surface area contributed by atoms with Gasteiger partial charge in [-0.2, -0.15) is 14.8 Å². The smallest absolute Gasteiger partial charge is 0.337 e.